The Hall–Kier alpha value is -3.15. The SMILES string of the molecule is Cc1nc2cc(N3CC(C(=O)NCc4ccccc4)CC3=O)ccc2o1. The lowest BCUT2D eigenvalue weighted by Gasteiger charge is -2.16. The van der Waals surface area contributed by atoms with Crippen LogP contribution in [-0.2, 0) is 16.1 Å². The molecular weight excluding hydrogens is 330 g/mol. The van der Waals surface area contributed by atoms with Gasteiger partial charge in [0.25, 0.3) is 0 Å². The number of fused-ring (bicyclic) bond motifs is 1. The van der Waals surface area contributed by atoms with Crippen LogP contribution < -0.4 is 10.2 Å². The van der Waals surface area contributed by atoms with Gasteiger partial charge in [0.15, 0.2) is 11.5 Å². The molecule has 26 heavy (non-hydrogen) atoms. The number of benzene rings is 2. The number of carbonyl (C=O) groups excluding carboxylic acids is 2. The largest absolute Gasteiger partial charge is 0.441 e. The van der Waals surface area contributed by atoms with Crippen LogP contribution in [0.1, 0.15) is 17.9 Å². The summed E-state index contributed by atoms with van der Waals surface area (Å²) < 4.78 is 5.47. The van der Waals surface area contributed by atoms with Gasteiger partial charge >= 0.3 is 0 Å². The van der Waals surface area contributed by atoms with Crippen molar-refractivity contribution in [3.8, 4) is 0 Å². The van der Waals surface area contributed by atoms with Gasteiger partial charge in [0.1, 0.15) is 5.52 Å². The van der Waals surface area contributed by atoms with Gasteiger partial charge in [0, 0.05) is 32.1 Å². The first kappa shape index (κ1) is 16.3. The average Bonchev–Trinajstić information content (AvgIpc) is 3.21. The van der Waals surface area contributed by atoms with Crippen molar-refractivity contribution in [2.24, 2.45) is 5.92 Å². The van der Waals surface area contributed by atoms with Gasteiger partial charge < -0.3 is 14.6 Å². The number of amides is 2. The minimum atomic E-state index is -0.346. The topological polar surface area (TPSA) is 75.4 Å². The zero-order chi connectivity index (χ0) is 18.1. The highest BCUT2D eigenvalue weighted by Crippen LogP contribution is 2.28. The fourth-order valence-electron chi connectivity index (χ4n) is 3.26. The number of rotatable bonds is 4. The van der Waals surface area contributed by atoms with Crippen LogP contribution >= 0.6 is 0 Å². The predicted octanol–water partition coefficient (Wildman–Crippen LogP) is 2.81. The van der Waals surface area contributed by atoms with E-state index in [1.54, 1.807) is 17.9 Å². The monoisotopic (exact) mass is 349 g/mol. The van der Waals surface area contributed by atoms with Gasteiger partial charge in [-0.3, -0.25) is 9.59 Å². The van der Waals surface area contributed by atoms with Crippen molar-refractivity contribution in [3.63, 3.8) is 0 Å². The first-order valence-electron chi connectivity index (χ1n) is 8.59. The lowest BCUT2D eigenvalue weighted by Crippen LogP contribution is -2.32. The molecule has 0 spiro atoms. The van der Waals surface area contributed by atoms with E-state index in [2.05, 4.69) is 10.3 Å². The van der Waals surface area contributed by atoms with E-state index in [4.69, 9.17) is 4.42 Å². The van der Waals surface area contributed by atoms with Gasteiger partial charge in [0.05, 0.1) is 5.92 Å². The van der Waals surface area contributed by atoms with Gasteiger partial charge in [0.2, 0.25) is 11.8 Å². The maximum Gasteiger partial charge on any atom is 0.227 e. The van der Waals surface area contributed by atoms with E-state index in [0.29, 0.717) is 30.1 Å². The summed E-state index contributed by atoms with van der Waals surface area (Å²) in [5.74, 6) is 0.0940. The van der Waals surface area contributed by atoms with E-state index in [1.165, 1.54) is 0 Å². The Labute approximate surface area is 150 Å². The van der Waals surface area contributed by atoms with Crippen molar-refractivity contribution in [3.05, 3.63) is 60.0 Å². The summed E-state index contributed by atoms with van der Waals surface area (Å²) in [6.07, 6.45) is 0.219. The van der Waals surface area contributed by atoms with E-state index in [0.717, 1.165) is 11.3 Å². The summed E-state index contributed by atoms with van der Waals surface area (Å²) in [5, 5.41) is 2.92. The van der Waals surface area contributed by atoms with Gasteiger partial charge in [-0.15, -0.1) is 0 Å². The summed E-state index contributed by atoms with van der Waals surface area (Å²) in [5.41, 5.74) is 3.18. The number of anilines is 1. The molecule has 2 heterocycles. The van der Waals surface area contributed by atoms with Gasteiger partial charge in [-0.25, -0.2) is 4.98 Å². The second kappa shape index (κ2) is 6.63. The minimum Gasteiger partial charge on any atom is -0.441 e. The van der Waals surface area contributed by atoms with E-state index >= 15 is 0 Å². The Morgan fingerprint density at radius 2 is 2.08 bits per heavy atom. The average molecular weight is 349 g/mol. The van der Waals surface area contributed by atoms with Crippen LogP contribution in [0.2, 0.25) is 0 Å². The number of oxazole rings is 1. The zero-order valence-corrected chi connectivity index (χ0v) is 14.4. The third-order valence-electron chi connectivity index (χ3n) is 4.60. The summed E-state index contributed by atoms with van der Waals surface area (Å²) in [4.78, 5) is 30.8. The van der Waals surface area contributed by atoms with E-state index in [1.807, 2.05) is 42.5 Å². The smallest absolute Gasteiger partial charge is 0.227 e. The predicted molar refractivity (Wildman–Crippen MR) is 97.5 cm³/mol. The Morgan fingerprint density at radius 1 is 1.27 bits per heavy atom. The Bertz CT molecular complexity index is 965. The molecule has 3 aromatic rings. The molecule has 1 saturated heterocycles. The molecule has 0 saturated carbocycles. The number of aromatic nitrogens is 1. The molecule has 1 unspecified atom stereocenters. The second-order valence-electron chi connectivity index (χ2n) is 6.49. The van der Waals surface area contributed by atoms with Gasteiger partial charge in [-0.2, -0.15) is 0 Å². The van der Waals surface area contributed by atoms with Crippen LogP contribution in [0.3, 0.4) is 0 Å². The normalized spacial score (nSPS) is 17.0. The minimum absolute atomic E-state index is 0.0515. The maximum absolute atomic E-state index is 12.4. The van der Waals surface area contributed by atoms with Crippen molar-refractivity contribution < 1.29 is 14.0 Å². The summed E-state index contributed by atoms with van der Waals surface area (Å²) >= 11 is 0. The molecule has 132 valence electrons. The number of carbonyl (C=O) groups is 2. The number of nitrogens with zero attached hydrogens (tertiary/aromatic N) is 2. The summed E-state index contributed by atoms with van der Waals surface area (Å²) in [6.45, 7) is 2.63. The molecule has 0 aliphatic carbocycles. The van der Waals surface area contributed by atoms with E-state index in [9.17, 15) is 9.59 Å². The maximum atomic E-state index is 12.4. The van der Waals surface area contributed by atoms with Crippen molar-refractivity contribution in [2.75, 3.05) is 11.4 Å². The molecule has 0 bridgehead atoms. The molecule has 1 fully saturated rings. The zero-order valence-electron chi connectivity index (χ0n) is 14.4. The van der Waals surface area contributed by atoms with Gasteiger partial charge in [-0.1, -0.05) is 30.3 Å². The molecular formula is C20H19N3O3. The Kier molecular flexibility index (Phi) is 4.16. The Morgan fingerprint density at radius 3 is 2.88 bits per heavy atom. The molecule has 2 amide bonds. The van der Waals surface area contributed by atoms with Crippen molar-refractivity contribution >= 4 is 28.6 Å². The van der Waals surface area contributed by atoms with Crippen molar-refractivity contribution in [2.45, 2.75) is 19.9 Å². The van der Waals surface area contributed by atoms with Crippen molar-refractivity contribution in [1.82, 2.24) is 10.3 Å². The van der Waals surface area contributed by atoms with Crippen LogP contribution in [0.5, 0.6) is 0 Å². The van der Waals surface area contributed by atoms with Crippen molar-refractivity contribution in [1.29, 1.82) is 0 Å². The summed E-state index contributed by atoms with van der Waals surface area (Å²) in [7, 11) is 0. The van der Waals surface area contributed by atoms with Crippen LogP contribution in [0.4, 0.5) is 5.69 Å². The molecule has 4 rings (SSSR count). The fourth-order valence-corrected chi connectivity index (χ4v) is 3.26. The molecule has 1 aromatic heterocycles. The summed E-state index contributed by atoms with van der Waals surface area (Å²) in [6, 6.07) is 15.2. The number of aryl methyl sites for hydroxylation is 1. The van der Waals surface area contributed by atoms with Crippen LogP contribution in [-0.4, -0.2) is 23.3 Å². The first-order valence-corrected chi connectivity index (χ1v) is 8.59. The first-order chi connectivity index (χ1) is 12.6. The molecule has 1 N–H and O–H groups in total. The highest BCUT2D eigenvalue weighted by atomic mass is 16.3. The lowest BCUT2D eigenvalue weighted by atomic mass is 10.1. The Balaban J connectivity index is 1.44. The second-order valence-corrected chi connectivity index (χ2v) is 6.49. The highest BCUT2D eigenvalue weighted by Gasteiger charge is 2.35. The quantitative estimate of drug-likeness (QED) is 0.786. The fraction of sp³-hybridized carbons (Fsp3) is 0.250. The third-order valence-corrected chi connectivity index (χ3v) is 4.60. The number of hydrogen-bond donors (Lipinski definition) is 1. The molecule has 1 atom stereocenters. The van der Waals surface area contributed by atoms with Crippen LogP contribution in [0.25, 0.3) is 11.1 Å². The lowest BCUT2D eigenvalue weighted by molar-refractivity contribution is -0.126. The number of hydrogen-bond acceptors (Lipinski definition) is 4. The molecule has 0 radical (unpaired) electrons. The number of nitrogens with one attached hydrogen (secondary N) is 1. The molecule has 2 aromatic carbocycles. The van der Waals surface area contributed by atoms with Crippen LogP contribution in [0, 0.1) is 12.8 Å². The van der Waals surface area contributed by atoms with E-state index in [-0.39, 0.29) is 24.2 Å². The van der Waals surface area contributed by atoms with E-state index < -0.39 is 0 Å². The standard InChI is InChI=1S/C20H19N3O3/c1-13-22-17-10-16(7-8-18(17)26-13)23-12-15(9-19(23)24)20(25)21-11-14-5-3-2-4-6-14/h2-8,10,15H,9,11-12H2,1H3,(H,21,25). The highest BCUT2D eigenvalue weighted by molar-refractivity contribution is 6.01. The molecule has 1 aliphatic heterocycles. The van der Waals surface area contributed by atoms with Crippen LogP contribution in [0.15, 0.2) is 52.9 Å². The molecule has 6 nitrogen and oxygen atoms in total. The molecule has 1 aliphatic rings. The van der Waals surface area contributed by atoms with Gasteiger partial charge in [-0.05, 0) is 23.8 Å². The third kappa shape index (κ3) is 3.18. The molecule has 6 heteroatoms.